The predicted octanol–water partition coefficient (Wildman–Crippen LogP) is -1.55. The number of ether oxygens (including phenoxy) is 6. The van der Waals surface area contributed by atoms with E-state index in [0.717, 1.165) is 27.2 Å². The third-order valence-electron chi connectivity index (χ3n) is 5.60. The van der Waals surface area contributed by atoms with Gasteiger partial charge in [0, 0.05) is 19.8 Å². The summed E-state index contributed by atoms with van der Waals surface area (Å²) in [7, 11) is 1.09. The lowest BCUT2D eigenvalue weighted by Gasteiger charge is -2.44. The second-order valence-corrected chi connectivity index (χ2v) is 8.12. The van der Waals surface area contributed by atoms with E-state index in [-0.39, 0.29) is 5.57 Å². The van der Waals surface area contributed by atoms with Crippen LogP contribution in [0.4, 0.5) is 0 Å². The molecule has 0 aromatic carbocycles. The number of aliphatic hydroxyl groups excluding tert-OH is 3. The minimum Gasteiger partial charge on any atom is -0.481 e. The van der Waals surface area contributed by atoms with Crippen molar-refractivity contribution in [3.8, 4) is 0 Å². The number of aliphatic carboxylic acids is 1. The number of methoxy groups -OCH3 is 1. The predicted molar refractivity (Wildman–Crippen MR) is 110 cm³/mol. The van der Waals surface area contributed by atoms with Crippen molar-refractivity contribution in [2.45, 2.75) is 70.3 Å². The highest BCUT2D eigenvalue weighted by Crippen LogP contribution is 2.39. The summed E-state index contributed by atoms with van der Waals surface area (Å²) in [6.45, 7) is 3.22. The summed E-state index contributed by atoms with van der Waals surface area (Å²) in [5.74, 6) is -5.75. The van der Waals surface area contributed by atoms with E-state index in [1.54, 1.807) is 0 Å². The lowest BCUT2D eigenvalue weighted by atomic mass is 9.78. The van der Waals surface area contributed by atoms with Crippen molar-refractivity contribution in [3.05, 3.63) is 11.8 Å². The van der Waals surface area contributed by atoms with Crippen molar-refractivity contribution in [2.24, 2.45) is 11.8 Å². The smallest absolute Gasteiger partial charge is 0.337 e. The van der Waals surface area contributed by atoms with Crippen LogP contribution in [0.1, 0.15) is 27.2 Å². The van der Waals surface area contributed by atoms with Gasteiger partial charge in [0.25, 0.3) is 0 Å². The Morgan fingerprint density at radius 1 is 1.03 bits per heavy atom. The molecule has 2 aliphatic rings. The van der Waals surface area contributed by atoms with Crippen LogP contribution in [-0.4, -0.2) is 101 Å². The quantitative estimate of drug-likeness (QED) is 0.206. The molecule has 0 aromatic rings. The Balaban J connectivity index is 2.37. The molecule has 0 unspecified atom stereocenters. The highest BCUT2D eigenvalue weighted by Gasteiger charge is 2.50. The summed E-state index contributed by atoms with van der Waals surface area (Å²) < 4.78 is 31.4. The average molecular weight is 506 g/mol. The molecule has 1 saturated heterocycles. The molecule has 0 amide bonds. The Morgan fingerprint density at radius 3 is 2.23 bits per heavy atom. The second kappa shape index (κ2) is 12.3. The van der Waals surface area contributed by atoms with Crippen LogP contribution in [0.25, 0.3) is 0 Å². The highest BCUT2D eigenvalue weighted by atomic mass is 16.8. The van der Waals surface area contributed by atoms with Crippen molar-refractivity contribution < 1.29 is 68.0 Å². The summed E-state index contributed by atoms with van der Waals surface area (Å²) in [4.78, 5) is 46.6. The van der Waals surface area contributed by atoms with Gasteiger partial charge >= 0.3 is 23.9 Å². The van der Waals surface area contributed by atoms with E-state index in [2.05, 4.69) is 0 Å². The van der Waals surface area contributed by atoms with Crippen LogP contribution in [0.15, 0.2) is 11.8 Å². The Morgan fingerprint density at radius 2 is 1.69 bits per heavy atom. The second-order valence-electron chi connectivity index (χ2n) is 8.12. The number of esters is 3. The monoisotopic (exact) mass is 506 g/mol. The van der Waals surface area contributed by atoms with Crippen LogP contribution in [0.3, 0.4) is 0 Å². The Kier molecular flexibility index (Phi) is 9.97. The van der Waals surface area contributed by atoms with Crippen LogP contribution < -0.4 is 0 Å². The van der Waals surface area contributed by atoms with Crippen molar-refractivity contribution in [1.29, 1.82) is 0 Å². The van der Waals surface area contributed by atoms with Gasteiger partial charge in [-0.05, 0) is 6.92 Å². The first-order valence-electron chi connectivity index (χ1n) is 10.7. The van der Waals surface area contributed by atoms with E-state index < -0.39 is 91.8 Å². The summed E-state index contributed by atoms with van der Waals surface area (Å²) in [6, 6.07) is 0. The van der Waals surface area contributed by atoms with Gasteiger partial charge in [-0.2, -0.15) is 0 Å². The van der Waals surface area contributed by atoms with E-state index in [1.807, 2.05) is 0 Å². The maximum absolute atomic E-state index is 12.3. The molecule has 4 N–H and O–H groups in total. The molecule has 35 heavy (non-hydrogen) atoms. The number of aliphatic hydroxyl groups is 3. The van der Waals surface area contributed by atoms with Crippen LogP contribution in [-0.2, 0) is 47.6 Å². The van der Waals surface area contributed by atoms with E-state index in [0.29, 0.717) is 0 Å². The fourth-order valence-electron chi connectivity index (χ4n) is 3.98. The van der Waals surface area contributed by atoms with Crippen LogP contribution >= 0.6 is 0 Å². The van der Waals surface area contributed by atoms with Gasteiger partial charge in [-0.1, -0.05) is 0 Å². The standard InChI is InChI=1S/C21H30O14/c1-8(33-10(3)23)15-11(5-14(24)25)12(19(29)30-4)6-32-20(15)35-21-18(28)17(27)16(26)13(34-21)7-31-9(2)22/h6,8,11,13,15-18,20-21,26-28H,5,7H2,1-4H3,(H,24,25)/t8-,11+,13+,15+,16+,17-,18+,20-,21-/m0/s1. The molecule has 14 heteroatoms. The Hall–Kier alpha value is -2.78. The van der Waals surface area contributed by atoms with Gasteiger partial charge in [-0.25, -0.2) is 4.79 Å². The SMILES string of the molecule is COC(=O)C1=CO[C@@H](O[C@@H]2O[C@H](COC(C)=O)[C@@H](O)[C@H](O)[C@H]2O)[C@H]([C@H](C)OC(C)=O)[C@@H]1CC(=O)O. The van der Waals surface area contributed by atoms with Crippen molar-refractivity contribution >= 4 is 23.9 Å². The largest absolute Gasteiger partial charge is 0.481 e. The number of hydrogen-bond acceptors (Lipinski definition) is 13. The number of carbonyl (C=O) groups excluding carboxylic acids is 3. The van der Waals surface area contributed by atoms with Crippen LogP contribution in [0.5, 0.6) is 0 Å². The number of carboxylic acids is 1. The molecule has 2 aliphatic heterocycles. The Bertz CT molecular complexity index is 825. The molecule has 2 rings (SSSR count). The van der Waals surface area contributed by atoms with E-state index >= 15 is 0 Å². The van der Waals surface area contributed by atoms with E-state index in [9.17, 15) is 39.6 Å². The first-order chi connectivity index (χ1) is 16.4. The highest BCUT2D eigenvalue weighted by molar-refractivity contribution is 5.89. The topological polar surface area (TPSA) is 205 Å². The first-order valence-corrected chi connectivity index (χ1v) is 10.7. The molecule has 0 aromatic heterocycles. The van der Waals surface area contributed by atoms with Crippen LogP contribution in [0, 0.1) is 11.8 Å². The average Bonchev–Trinajstić information content (AvgIpc) is 2.77. The zero-order chi connectivity index (χ0) is 26.4. The molecule has 198 valence electrons. The third-order valence-corrected chi connectivity index (χ3v) is 5.60. The molecule has 0 radical (unpaired) electrons. The minimum absolute atomic E-state index is 0.146. The van der Waals surface area contributed by atoms with Gasteiger partial charge in [0.1, 0.15) is 37.1 Å². The van der Waals surface area contributed by atoms with Gasteiger partial charge < -0.3 is 48.8 Å². The fourth-order valence-corrected chi connectivity index (χ4v) is 3.98. The van der Waals surface area contributed by atoms with E-state index in [1.165, 1.54) is 6.92 Å². The molecule has 9 atom stereocenters. The summed E-state index contributed by atoms with van der Waals surface area (Å²) in [5.41, 5.74) is -0.146. The molecule has 1 fully saturated rings. The number of carboxylic acid groups (broad SMARTS) is 1. The molecule has 14 nitrogen and oxygen atoms in total. The normalized spacial score (nSPS) is 33.5. The minimum atomic E-state index is -1.80. The summed E-state index contributed by atoms with van der Waals surface area (Å²) in [5, 5.41) is 40.2. The van der Waals surface area contributed by atoms with Gasteiger partial charge in [0.05, 0.1) is 31.3 Å². The lowest BCUT2D eigenvalue weighted by Crippen LogP contribution is -2.61. The Labute approximate surface area is 200 Å². The van der Waals surface area contributed by atoms with Gasteiger partial charge in [0.15, 0.2) is 6.29 Å². The molecule has 2 heterocycles. The first kappa shape index (κ1) is 28.5. The van der Waals surface area contributed by atoms with Gasteiger partial charge in [0.2, 0.25) is 6.29 Å². The molecule has 0 aliphatic carbocycles. The lowest BCUT2D eigenvalue weighted by molar-refractivity contribution is -0.345. The maximum atomic E-state index is 12.3. The van der Waals surface area contributed by atoms with Crippen LogP contribution in [0.2, 0.25) is 0 Å². The van der Waals surface area contributed by atoms with Gasteiger partial charge in [-0.3, -0.25) is 14.4 Å². The molecular formula is C21H30O14. The van der Waals surface area contributed by atoms with Crippen molar-refractivity contribution in [2.75, 3.05) is 13.7 Å². The van der Waals surface area contributed by atoms with Crippen molar-refractivity contribution in [3.63, 3.8) is 0 Å². The zero-order valence-corrected chi connectivity index (χ0v) is 19.6. The van der Waals surface area contributed by atoms with E-state index in [4.69, 9.17) is 28.4 Å². The number of carbonyl (C=O) groups is 4. The molecular weight excluding hydrogens is 476 g/mol. The van der Waals surface area contributed by atoms with Gasteiger partial charge in [-0.15, -0.1) is 0 Å². The summed E-state index contributed by atoms with van der Waals surface area (Å²) in [6.07, 6.45) is -10.3. The molecule has 0 saturated carbocycles. The third kappa shape index (κ3) is 7.11. The van der Waals surface area contributed by atoms with Crippen molar-refractivity contribution in [1.82, 2.24) is 0 Å². The maximum Gasteiger partial charge on any atom is 0.337 e. The number of hydrogen-bond donors (Lipinski definition) is 4. The molecule has 0 bridgehead atoms. The number of rotatable bonds is 9. The summed E-state index contributed by atoms with van der Waals surface area (Å²) >= 11 is 0. The molecule has 0 spiro atoms. The fraction of sp³-hybridized carbons (Fsp3) is 0.714. The zero-order valence-electron chi connectivity index (χ0n) is 19.6.